The fourth-order valence-electron chi connectivity index (χ4n) is 3.53. The van der Waals surface area contributed by atoms with E-state index in [-0.39, 0.29) is 5.91 Å². The molecule has 1 aromatic carbocycles. The summed E-state index contributed by atoms with van der Waals surface area (Å²) in [7, 11) is 0. The third-order valence-electron chi connectivity index (χ3n) is 5.26. The second-order valence-corrected chi connectivity index (χ2v) is 9.03. The summed E-state index contributed by atoms with van der Waals surface area (Å²) in [6.07, 6.45) is 0.409. The van der Waals surface area contributed by atoms with E-state index in [1.54, 1.807) is 11.3 Å². The molecule has 1 fully saturated rings. The highest BCUT2D eigenvalue weighted by Crippen LogP contribution is 2.23. The Bertz CT molecular complexity index is 1040. The standard InChI is InChI=1S/C21H24ClN5O2S2/c22-16-3-5-17(6-4-16)29-14-13-25-9-11-26(12-10-25)19(28)7-8-27-20(23-24-21(27)30)18-2-1-15-31-18/h1-6,15H,7-14H2,(H,24,30). The molecule has 1 saturated heterocycles. The number of carbonyl (C=O) groups is 1. The molecule has 0 aliphatic carbocycles. The largest absolute Gasteiger partial charge is 0.492 e. The van der Waals surface area contributed by atoms with Crippen LogP contribution in [-0.2, 0) is 11.3 Å². The molecular weight excluding hydrogens is 454 g/mol. The molecule has 3 aromatic rings. The van der Waals surface area contributed by atoms with Crippen LogP contribution in [0.3, 0.4) is 0 Å². The number of piperazine rings is 1. The van der Waals surface area contributed by atoms with Crippen molar-refractivity contribution in [2.45, 2.75) is 13.0 Å². The minimum Gasteiger partial charge on any atom is -0.492 e. The van der Waals surface area contributed by atoms with Crippen molar-refractivity contribution in [1.29, 1.82) is 0 Å². The zero-order valence-electron chi connectivity index (χ0n) is 17.0. The lowest BCUT2D eigenvalue weighted by atomic mass is 10.2. The van der Waals surface area contributed by atoms with E-state index in [2.05, 4.69) is 15.1 Å². The van der Waals surface area contributed by atoms with Crippen LogP contribution in [0, 0.1) is 4.77 Å². The molecule has 0 saturated carbocycles. The van der Waals surface area contributed by atoms with Crippen LogP contribution in [0.2, 0.25) is 5.02 Å². The average molecular weight is 478 g/mol. The Hall–Kier alpha value is -2.20. The van der Waals surface area contributed by atoms with Crippen molar-refractivity contribution in [3.63, 3.8) is 0 Å². The fraction of sp³-hybridized carbons (Fsp3) is 0.381. The predicted molar refractivity (Wildman–Crippen MR) is 125 cm³/mol. The third-order valence-corrected chi connectivity index (χ3v) is 6.69. The highest BCUT2D eigenvalue weighted by Gasteiger charge is 2.21. The van der Waals surface area contributed by atoms with E-state index >= 15 is 0 Å². The zero-order valence-corrected chi connectivity index (χ0v) is 19.4. The first-order valence-corrected chi connectivity index (χ1v) is 11.8. The molecule has 0 bridgehead atoms. The van der Waals surface area contributed by atoms with Gasteiger partial charge in [-0.05, 0) is 47.9 Å². The van der Waals surface area contributed by atoms with Crippen molar-refractivity contribution in [3.05, 3.63) is 51.6 Å². The first-order chi connectivity index (χ1) is 15.1. The van der Waals surface area contributed by atoms with Crippen LogP contribution in [0.15, 0.2) is 41.8 Å². The Balaban J connectivity index is 1.21. The summed E-state index contributed by atoms with van der Waals surface area (Å²) in [5.74, 6) is 1.76. The van der Waals surface area contributed by atoms with Crippen LogP contribution < -0.4 is 4.74 Å². The van der Waals surface area contributed by atoms with E-state index < -0.39 is 0 Å². The van der Waals surface area contributed by atoms with Crippen LogP contribution in [0.5, 0.6) is 5.75 Å². The number of aromatic nitrogens is 3. The number of amides is 1. The Morgan fingerprint density at radius 2 is 1.94 bits per heavy atom. The summed E-state index contributed by atoms with van der Waals surface area (Å²) < 4.78 is 8.22. The van der Waals surface area contributed by atoms with E-state index in [4.69, 9.17) is 28.6 Å². The third kappa shape index (κ3) is 5.74. The van der Waals surface area contributed by atoms with E-state index in [0.29, 0.717) is 29.4 Å². The lowest BCUT2D eigenvalue weighted by molar-refractivity contribution is -0.133. The van der Waals surface area contributed by atoms with Crippen LogP contribution in [0.1, 0.15) is 6.42 Å². The number of hydrogen-bond donors (Lipinski definition) is 1. The molecule has 0 atom stereocenters. The SMILES string of the molecule is O=C(CCn1c(-c2cccs2)n[nH]c1=S)N1CCN(CCOc2ccc(Cl)cc2)CC1. The molecule has 164 valence electrons. The number of rotatable bonds is 8. The lowest BCUT2D eigenvalue weighted by Gasteiger charge is -2.34. The highest BCUT2D eigenvalue weighted by atomic mass is 35.5. The van der Waals surface area contributed by atoms with Crippen molar-refractivity contribution in [1.82, 2.24) is 24.6 Å². The number of benzene rings is 1. The van der Waals surface area contributed by atoms with Crippen molar-refractivity contribution < 1.29 is 9.53 Å². The highest BCUT2D eigenvalue weighted by molar-refractivity contribution is 7.71. The van der Waals surface area contributed by atoms with Gasteiger partial charge in [-0.25, -0.2) is 0 Å². The summed E-state index contributed by atoms with van der Waals surface area (Å²) >= 11 is 12.8. The van der Waals surface area contributed by atoms with E-state index in [9.17, 15) is 4.79 Å². The van der Waals surface area contributed by atoms with Gasteiger partial charge in [0.2, 0.25) is 5.91 Å². The number of hydrogen-bond acceptors (Lipinski definition) is 6. The quantitative estimate of drug-likeness (QED) is 0.498. The number of ether oxygens (including phenoxy) is 1. The van der Waals surface area contributed by atoms with Gasteiger partial charge in [-0.15, -0.1) is 11.3 Å². The van der Waals surface area contributed by atoms with Crippen LogP contribution in [-0.4, -0.2) is 69.8 Å². The number of nitrogens with one attached hydrogen (secondary N) is 1. The summed E-state index contributed by atoms with van der Waals surface area (Å²) in [4.78, 5) is 18.0. The Morgan fingerprint density at radius 1 is 1.16 bits per heavy atom. The first-order valence-electron chi connectivity index (χ1n) is 10.2. The monoisotopic (exact) mass is 477 g/mol. The molecule has 4 rings (SSSR count). The second-order valence-electron chi connectivity index (χ2n) is 7.26. The molecule has 1 N–H and O–H groups in total. The predicted octanol–water partition coefficient (Wildman–Crippen LogP) is 3.94. The van der Waals surface area contributed by atoms with Gasteiger partial charge in [0.1, 0.15) is 12.4 Å². The molecule has 0 radical (unpaired) electrons. The summed E-state index contributed by atoms with van der Waals surface area (Å²) in [5.41, 5.74) is 0. The van der Waals surface area contributed by atoms with Gasteiger partial charge in [0.25, 0.3) is 0 Å². The van der Waals surface area contributed by atoms with Crippen LogP contribution >= 0.6 is 35.2 Å². The zero-order chi connectivity index (χ0) is 21.6. The number of thiophene rings is 1. The fourth-order valence-corrected chi connectivity index (χ4v) is 4.60. The number of nitrogens with zero attached hydrogens (tertiary/aromatic N) is 4. The molecule has 7 nitrogen and oxygen atoms in total. The van der Waals surface area contributed by atoms with Gasteiger partial charge in [-0.2, -0.15) is 5.10 Å². The van der Waals surface area contributed by atoms with Gasteiger partial charge in [0.15, 0.2) is 10.6 Å². The number of carbonyl (C=O) groups excluding carboxylic acids is 1. The Kier molecular flexibility index (Phi) is 7.39. The van der Waals surface area contributed by atoms with E-state index in [1.807, 2.05) is 51.2 Å². The van der Waals surface area contributed by atoms with Crippen LogP contribution in [0.25, 0.3) is 10.7 Å². The first kappa shape index (κ1) is 22.0. The van der Waals surface area contributed by atoms with Crippen LogP contribution in [0.4, 0.5) is 0 Å². The smallest absolute Gasteiger partial charge is 0.224 e. The minimum atomic E-state index is 0.150. The van der Waals surface area contributed by atoms with Gasteiger partial charge < -0.3 is 9.64 Å². The minimum absolute atomic E-state index is 0.150. The van der Waals surface area contributed by atoms with Gasteiger partial charge in [0, 0.05) is 50.7 Å². The topological polar surface area (TPSA) is 66.4 Å². The molecule has 1 amide bonds. The molecule has 1 aliphatic heterocycles. The van der Waals surface area contributed by atoms with Crippen molar-refractivity contribution in [2.75, 3.05) is 39.3 Å². The molecule has 3 heterocycles. The average Bonchev–Trinajstić information content (AvgIpc) is 3.44. The summed E-state index contributed by atoms with van der Waals surface area (Å²) in [5, 5.41) is 9.86. The molecule has 10 heteroatoms. The number of aromatic amines is 1. The molecule has 1 aliphatic rings. The van der Waals surface area contributed by atoms with Gasteiger partial charge in [-0.1, -0.05) is 17.7 Å². The molecule has 0 spiro atoms. The molecule has 0 unspecified atom stereocenters. The van der Waals surface area contributed by atoms with E-state index in [1.165, 1.54) is 0 Å². The molecule has 2 aromatic heterocycles. The van der Waals surface area contributed by atoms with Gasteiger partial charge >= 0.3 is 0 Å². The van der Waals surface area contributed by atoms with Crippen molar-refractivity contribution in [2.24, 2.45) is 0 Å². The van der Waals surface area contributed by atoms with Gasteiger partial charge in [0.05, 0.1) is 4.88 Å². The summed E-state index contributed by atoms with van der Waals surface area (Å²) in [6, 6.07) is 11.4. The van der Waals surface area contributed by atoms with Gasteiger partial charge in [-0.3, -0.25) is 19.4 Å². The number of halogens is 1. The Morgan fingerprint density at radius 3 is 2.65 bits per heavy atom. The molecular formula is C21H24ClN5O2S2. The maximum Gasteiger partial charge on any atom is 0.224 e. The van der Waals surface area contributed by atoms with Crippen molar-refractivity contribution >= 4 is 41.1 Å². The maximum atomic E-state index is 12.7. The number of H-pyrrole nitrogens is 1. The van der Waals surface area contributed by atoms with E-state index in [0.717, 1.165) is 49.2 Å². The normalized spacial score (nSPS) is 14.7. The Labute approximate surface area is 195 Å². The summed E-state index contributed by atoms with van der Waals surface area (Å²) in [6.45, 7) is 5.13. The maximum absolute atomic E-state index is 12.7. The lowest BCUT2D eigenvalue weighted by Crippen LogP contribution is -2.49. The van der Waals surface area contributed by atoms with Crippen molar-refractivity contribution in [3.8, 4) is 16.5 Å². The second kappa shape index (κ2) is 10.4. The molecule has 31 heavy (non-hydrogen) atoms.